The highest BCUT2D eigenvalue weighted by atomic mass is 79.9. The number of β-amino-alcohol motifs (C(OH)–C–C–N with tert-alkyl or cyclic N) is 1. The molecule has 1 heterocycles. The van der Waals surface area contributed by atoms with Crippen LogP contribution in [-0.2, 0) is 14.8 Å². The van der Waals surface area contributed by atoms with Gasteiger partial charge in [-0.1, -0.05) is 22.0 Å². The minimum Gasteiger partial charge on any atom is -0.480 e. The summed E-state index contributed by atoms with van der Waals surface area (Å²) in [5.74, 6) is -1.25. The lowest BCUT2D eigenvalue weighted by Crippen LogP contribution is -2.40. The third-order valence-electron chi connectivity index (χ3n) is 3.26. The predicted molar refractivity (Wildman–Crippen MR) is 74.8 cm³/mol. The first-order valence-corrected chi connectivity index (χ1v) is 8.15. The molecule has 1 saturated heterocycles. The number of aliphatic hydroxyl groups is 1. The van der Waals surface area contributed by atoms with Crippen LogP contribution in [0.4, 0.5) is 0 Å². The SMILES string of the molecule is Cc1ccc(Br)cc1S(=O)(=O)N1C[C@H](O)C[C@H]1C(=O)O. The van der Waals surface area contributed by atoms with Crippen LogP contribution in [0.2, 0.25) is 0 Å². The van der Waals surface area contributed by atoms with Gasteiger partial charge in [0.2, 0.25) is 10.0 Å². The fraction of sp³-hybridized carbons (Fsp3) is 0.417. The van der Waals surface area contributed by atoms with E-state index in [0.717, 1.165) is 4.31 Å². The summed E-state index contributed by atoms with van der Waals surface area (Å²) in [6.07, 6.45) is -1.06. The minimum absolute atomic E-state index is 0.0484. The molecule has 0 saturated carbocycles. The zero-order valence-corrected chi connectivity index (χ0v) is 13.1. The Morgan fingerprint density at radius 1 is 1.45 bits per heavy atom. The molecule has 1 aromatic rings. The molecule has 0 unspecified atom stereocenters. The highest BCUT2D eigenvalue weighted by molar-refractivity contribution is 9.10. The number of halogens is 1. The van der Waals surface area contributed by atoms with Gasteiger partial charge in [0.25, 0.3) is 0 Å². The molecule has 110 valence electrons. The van der Waals surface area contributed by atoms with Gasteiger partial charge in [-0.2, -0.15) is 4.31 Å². The number of hydrogen-bond donors (Lipinski definition) is 2. The third kappa shape index (κ3) is 2.73. The molecular weight excluding hydrogens is 350 g/mol. The van der Waals surface area contributed by atoms with Crippen LogP contribution in [0.1, 0.15) is 12.0 Å². The van der Waals surface area contributed by atoms with E-state index in [2.05, 4.69) is 15.9 Å². The molecule has 0 aliphatic carbocycles. The molecule has 0 spiro atoms. The summed E-state index contributed by atoms with van der Waals surface area (Å²) in [4.78, 5) is 11.2. The zero-order chi connectivity index (χ0) is 15.1. The number of carbonyl (C=O) groups is 1. The monoisotopic (exact) mass is 363 g/mol. The van der Waals surface area contributed by atoms with Crippen LogP contribution >= 0.6 is 15.9 Å². The first-order valence-electron chi connectivity index (χ1n) is 5.92. The number of rotatable bonds is 3. The highest BCUT2D eigenvalue weighted by Gasteiger charge is 2.43. The van der Waals surface area contributed by atoms with Gasteiger partial charge in [-0.25, -0.2) is 8.42 Å². The standard InChI is InChI=1S/C12H14BrNO5S/c1-7-2-3-8(13)4-11(7)20(18,19)14-6-9(15)5-10(14)12(16)17/h2-4,9-10,15H,5-6H2,1H3,(H,16,17)/t9-,10+/m1/s1. The molecule has 2 atom stereocenters. The molecule has 2 N–H and O–H groups in total. The molecule has 6 nitrogen and oxygen atoms in total. The van der Waals surface area contributed by atoms with Gasteiger partial charge >= 0.3 is 5.97 Å². The maximum atomic E-state index is 12.6. The van der Waals surface area contributed by atoms with E-state index in [1.54, 1.807) is 19.1 Å². The molecule has 8 heteroatoms. The molecule has 1 aliphatic heterocycles. The van der Waals surface area contributed by atoms with Gasteiger partial charge in [-0.15, -0.1) is 0 Å². The number of nitrogens with zero attached hydrogens (tertiary/aromatic N) is 1. The van der Waals surface area contributed by atoms with Crippen LogP contribution in [-0.4, -0.2) is 47.6 Å². The Balaban J connectivity index is 2.49. The first kappa shape index (κ1) is 15.4. The van der Waals surface area contributed by atoms with E-state index in [1.807, 2.05) is 0 Å². The van der Waals surface area contributed by atoms with Crippen molar-refractivity contribution in [2.24, 2.45) is 0 Å². The predicted octanol–water partition coefficient (Wildman–Crippen LogP) is 0.966. The Bertz CT molecular complexity index is 645. The Labute approximate surface area is 125 Å². The number of benzene rings is 1. The fourth-order valence-corrected chi connectivity index (χ4v) is 4.65. The molecule has 0 radical (unpaired) electrons. The maximum Gasteiger partial charge on any atom is 0.322 e. The number of aliphatic carboxylic acids is 1. The minimum atomic E-state index is -3.96. The van der Waals surface area contributed by atoms with Crippen LogP contribution in [0.3, 0.4) is 0 Å². The summed E-state index contributed by atoms with van der Waals surface area (Å²) in [5, 5.41) is 18.7. The van der Waals surface area contributed by atoms with Gasteiger partial charge in [-0.05, 0) is 24.6 Å². The van der Waals surface area contributed by atoms with Gasteiger partial charge in [0.1, 0.15) is 6.04 Å². The quantitative estimate of drug-likeness (QED) is 0.833. The average molecular weight is 364 g/mol. The first-order chi connectivity index (χ1) is 9.23. The molecular formula is C12H14BrNO5S. The van der Waals surface area contributed by atoms with E-state index in [-0.39, 0.29) is 17.9 Å². The van der Waals surface area contributed by atoms with Crippen LogP contribution in [0.25, 0.3) is 0 Å². The molecule has 1 aromatic carbocycles. The van der Waals surface area contributed by atoms with Crippen molar-refractivity contribution >= 4 is 31.9 Å². The van der Waals surface area contributed by atoms with Crippen molar-refractivity contribution < 1.29 is 23.4 Å². The van der Waals surface area contributed by atoms with Crippen molar-refractivity contribution in [1.29, 1.82) is 0 Å². The smallest absolute Gasteiger partial charge is 0.322 e. The molecule has 0 aromatic heterocycles. The second-order valence-electron chi connectivity index (χ2n) is 4.73. The van der Waals surface area contributed by atoms with E-state index >= 15 is 0 Å². The zero-order valence-electron chi connectivity index (χ0n) is 10.7. The summed E-state index contributed by atoms with van der Waals surface area (Å²) >= 11 is 3.20. The molecule has 0 amide bonds. The number of sulfonamides is 1. The summed E-state index contributed by atoms with van der Waals surface area (Å²) in [5.41, 5.74) is 0.527. The summed E-state index contributed by atoms with van der Waals surface area (Å²) < 4.78 is 26.6. The Morgan fingerprint density at radius 2 is 2.10 bits per heavy atom. The van der Waals surface area contributed by atoms with Gasteiger partial charge in [0, 0.05) is 17.4 Å². The molecule has 1 fully saturated rings. The number of hydrogen-bond acceptors (Lipinski definition) is 4. The van der Waals surface area contributed by atoms with Crippen molar-refractivity contribution in [2.45, 2.75) is 30.4 Å². The molecule has 20 heavy (non-hydrogen) atoms. The van der Waals surface area contributed by atoms with Crippen molar-refractivity contribution in [2.75, 3.05) is 6.54 Å². The van der Waals surface area contributed by atoms with Gasteiger partial charge in [-0.3, -0.25) is 4.79 Å². The van der Waals surface area contributed by atoms with Crippen molar-refractivity contribution in [3.8, 4) is 0 Å². The number of carboxylic acid groups (broad SMARTS) is 1. The van der Waals surface area contributed by atoms with Crippen molar-refractivity contribution in [3.63, 3.8) is 0 Å². The van der Waals surface area contributed by atoms with Crippen molar-refractivity contribution in [3.05, 3.63) is 28.2 Å². The van der Waals surface area contributed by atoms with E-state index in [4.69, 9.17) is 5.11 Å². The maximum absolute atomic E-state index is 12.6. The lowest BCUT2D eigenvalue weighted by Gasteiger charge is -2.21. The lowest BCUT2D eigenvalue weighted by atomic mass is 10.2. The Kier molecular flexibility index (Phi) is 4.19. The van der Waals surface area contributed by atoms with Crippen LogP contribution < -0.4 is 0 Å². The van der Waals surface area contributed by atoms with Crippen molar-refractivity contribution in [1.82, 2.24) is 4.31 Å². The van der Waals surface area contributed by atoms with Gasteiger partial charge in [0.05, 0.1) is 11.0 Å². The Morgan fingerprint density at radius 3 is 2.70 bits per heavy atom. The summed E-state index contributed by atoms with van der Waals surface area (Å²) in [6, 6.07) is 3.56. The molecule has 0 bridgehead atoms. The number of aliphatic hydroxyl groups excluding tert-OH is 1. The van der Waals surface area contributed by atoms with Crippen LogP contribution in [0, 0.1) is 6.92 Å². The molecule has 2 rings (SSSR count). The summed E-state index contributed by atoms with van der Waals surface area (Å²) in [7, 11) is -3.96. The topological polar surface area (TPSA) is 94.9 Å². The van der Waals surface area contributed by atoms with E-state index in [1.165, 1.54) is 6.07 Å². The lowest BCUT2D eigenvalue weighted by molar-refractivity contribution is -0.140. The van der Waals surface area contributed by atoms with E-state index < -0.39 is 28.1 Å². The average Bonchev–Trinajstić information content (AvgIpc) is 2.75. The second-order valence-corrected chi connectivity index (χ2v) is 7.50. The third-order valence-corrected chi connectivity index (χ3v) is 5.77. The fourth-order valence-electron chi connectivity index (χ4n) is 2.25. The highest BCUT2D eigenvalue weighted by Crippen LogP contribution is 2.29. The van der Waals surface area contributed by atoms with E-state index in [9.17, 15) is 18.3 Å². The van der Waals surface area contributed by atoms with Gasteiger partial charge in [0.15, 0.2) is 0 Å². The Hall–Kier alpha value is -0.960. The summed E-state index contributed by atoms with van der Waals surface area (Å²) in [6.45, 7) is 1.44. The van der Waals surface area contributed by atoms with Gasteiger partial charge < -0.3 is 10.2 Å². The van der Waals surface area contributed by atoms with E-state index in [0.29, 0.717) is 10.0 Å². The van der Waals surface area contributed by atoms with Crippen LogP contribution in [0.15, 0.2) is 27.6 Å². The largest absolute Gasteiger partial charge is 0.480 e. The van der Waals surface area contributed by atoms with Crippen LogP contribution in [0.5, 0.6) is 0 Å². The number of aryl methyl sites for hydroxylation is 1. The molecule has 1 aliphatic rings. The second kappa shape index (κ2) is 5.44. The normalized spacial score (nSPS) is 23.9. The number of carboxylic acids is 1.